The van der Waals surface area contributed by atoms with Gasteiger partial charge in [-0.2, -0.15) is 12.6 Å². The van der Waals surface area contributed by atoms with E-state index in [9.17, 15) is 10.1 Å². The van der Waals surface area contributed by atoms with Gasteiger partial charge < -0.3 is 4.74 Å². The van der Waals surface area contributed by atoms with Gasteiger partial charge in [0, 0.05) is 17.9 Å². The fourth-order valence-corrected chi connectivity index (χ4v) is 0.919. The zero-order valence-electron chi connectivity index (χ0n) is 6.84. The SMILES string of the molecule is O=[N+]([O-])c1ccc(OCCS)cc1. The lowest BCUT2D eigenvalue weighted by Crippen LogP contribution is -1.97. The Labute approximate surface area is 81.1 Å². The first-order valence-corrected chi connectivity index (χ1v) is 4.35. The van der Waals surface area contributed by atoms with E-state index in [1.54, 1.807) is 12.1 Å². The first kappa shape index (κ1) is 9.85. The summed E-state index contributed by atoms with van der Waals surface area (Å²) in [6.45, 7) is 0.501. The summed E-state index contributed by atoms with van der Waals surface area (Å²) in [5, 5.41) is 10.3. The molecule has 0 atom stereocenters. The molecule has 1 rings (SSSR count). The maximum Gasteiger partial charge on any atom is 0.269 e. The second-order valence-corrected chi connectivity index (χ2v) is 2.77. The summed E-state index contributed by atoms with van der Waals surface area (Å²) in [5.41, 5.74) is 0.0678. The number of nitro groups is 1. The van der Waals surface area contributed by atoms with Gasteiger partial charge in [-0.1, -0.05) is 0 Å². The van der Waals surface area contributed by atoms with Crippen LogP contribution in [-0.2, 0) is 0 Å². The second-order valence-electron chi connectivity index (χ2n) is 2.32. The van der Waals surface area contributed by atoms with Crippen LogP contribution in [0.4, 0.5) is 5.69 Å². The van der Waals surface area contributed by atoms with Crippen LogP contribution in [0.15, 0.2) is 24.3 Å². The standard InChI is InChI=1S/C8H9NO3S/c10-9(11)7-1-3-8(4-2-7)12-5-6-13/h1-4,13H,5-6H2. The summed E-state index contributed by atoms with van der Waals surface area (Å²) in [7, 11) is 0. The first-order chi connectivity index (χ1) is 6.24. The molecule has 0 unspecified atom stereocenters. The van der Waals surface area contributed by atoms with Gasteiger partial charge >= 0.3 is 0 Å². The molecular formula is C8H9NO3S. The van der Waals surface area contributed by atoms with E-state index in [4.69, 9.17) is 4.74 Å². The number of nitro benzene ring substituents is 1. The monoisotopic (exact) mass is 199 g/mol. The smallest absolute Gasteiger partial charge is 0.269 e. The molecule has 0 heterocycles. The predicted molar refractivity (Wildman–Crippen MR) is 52.4 cm³/mol. The van der Waals surface area contributed by atoms with E-state index in [2.05, 4.69) is 12.6 Å². The Morgan fingerprint density at radius 1 is 1.38 bits per heavy atom. The van der Waals surface area contributed by atoms with Crippen molar-refractivity contribution in [2.75, 3.05) is 12.4 Å². The number of ether oxygens (including phenoxy) is 1. The van der Waals surface area contributed by atoms with Crippen LogP contribution >= 0.6 is 12.6 Å². The van der Waals surface area contributed by atoms with Crippen LogP contribution in [0.5, 0.6) is 5.75 Å². The molecule has 0 aromatic heterocycles. The van der Waals surface area contributed by atoms with E-state index in [0.29, 0.717) is 18.1 Å². The second kappa shape index (κ2) is 4.71. The van der Waals surface area contributed by atoms with Crippen molar-refractivity contribution in [3.63, 3.8) is 0 Å². The Morgan fingerprint density at radius 2 is 2.00 bits per heavy atom. The summed E-state index contributed by atoms with van der Waals surface area (Å²) in [5.74, 6) is 1.25. The van der Waals surface area contributed by atoms with Crippen molar-refractivity contribution in [1.82, 2.24) is 0 Å². The Balaban J connectivity index is 2.64. The normalized spacial score (nSPS) is 9.62. The molecule has 0 saturated carbocycles. The van der Waals surface area contributed by atoms with Crippen LogP contribution in [0.3, 0.4) is 0 Å². The Bertz CT molecular complexity index is 286. The Morgan fingerprint density at radius 3 is 2.46 bits per heavy atom. The molecule has 0 bridgehead atoms. The first-order valence-electron chi connectivity index (χ1n) is 3.72. The highest BCUT2D eigenvalue weighted by Crippen LogP contribution is 2.16. The number of benzene rings is 1. The minimum atomic E-state index is -0.442. The summed E-state index contributed by atoms with van der Waals surface area (Å²) in [6, 6.07) is 5.96. The minimum Gasteiger partial charge on any atom is -0.493 e. The van der Waals surface area contributed by atoms with E-state index in [1.165, 1.54) is 12.1 Å². The van der Waals surface area contributed by atoms with Crippen LogP contribution in [0.25, 0.3) is 0 Å². The molecule has 13 heavy (non-hydrogen) atoms. The van der Waals surface area contributed by atoms with Gasteiger partial charge in [0.1, 0.15) is 5.75 Å². The molecule has 0 aliphatic heterocycles. The molecule has 1 aromatic carbocycles. The molecule has 0 N–H and O–H groups in total. The molecular weight excluding hydrogens is 190 g/mol. The van der Waals surface area contributed by atoms with E-state index in [0.717, 1.165) is 0 Å². The third-order valence-electron chi connectivity index (χ3n) is 1.41. The van der Waals surface area contributed by atoms with Crippen molar-refractivity contribution < 1.29 is 9.66 Å². The number of hydrogen-bond acceptors (Lipinski definition) is 4. The molecule has 0 spiro atoms. The molecule has 0 aliphatic carbocycles. The number of nitrogens with zero attached hydrogens (tertiary/aromatic N) is 1. The fourth-order valence-electron chi connectivity index (χ4n) is 0.828. The van der Waals surface area contributed by atoms with E-state index in [1.807, 2.05) is 0 Å². The van der Waals surface area contributed by atoms with Crippen molar-refractivity contribution in [3.05, 3.63) is 34.4 Å². The molecule has 0 aliphatic rings. The van der Waals surface area contributed by atoms with Crippen LogP contribution < -0.4 is 4.74 Å². The van der Waals surface area contributed by atoms with Crippen LogP contribution in [-0.4, -0.2) is 17.3 Å². The van der Waals surface area contributed by atoms with Gasteiger partial charge in [0.2, 0.25) is 0 Å². The summed E-state index contributed by atoms with van der Waals surface area (Å²) < 4.78 is 5.19. The average molecular weight is 199 g/mol. The Kier molecular flexibility index (Phi) is 3.57. The maximum atomic E-state index is 10.3. The molecule has 0 radical (unpaired) electrons. The highest BCUT2D eigenvalue weighted by molar-refractivity contribution is 7.80. The Hall–Kier alpha value is -1.23. The number of hydrogen-bond donors (Lipinski definition) is 1. The lowest BCUT2D eigenvalue weighted by molar-refractivity contribution is -0.384. The van der Waals surface area contributed by atoms with Crippen molar-refractivity contribution in [3.8, 4) is 5.75 Å². The van der Waals surface area contributed by atoms with Crippen LogP contribution in [0, 0.1) is 10.1 Å². The van der Waals surface area contributed by atoms with Crippen molar-refractivity contribution in [1.29, 1.82) is 0 Å². The molecule has 0 saturated heterocycles. The highest BCUT2D eigenvalue weighted by atomic mass is 32.1. The topological polar surface area (TPSA) is 52.4 Å². The highest BCUT2D eigenvalue weighted by Gasteiger charge is 2.03. The molecule has 1 aromatic rings. The van der Waals surface area contributed by atoms with Gasteiger partial charge in [-0.05, 0) is 12.1 Å². The average Bonchev–Trinajstić information content (AvgIpc) is 2.15. The molecule has 4 nitrogen and oxygen atoms in total. The minimum absolute atomic E-state index is 0.0678. The molecule has 70 valence electrons. The third-order valence-corrected chi connectivity index (χ3v) is 1.59. The molecule has 5 heteroatoms. The van der Waals surface area contributed by atoms with Crippen LogP contribution in [0.1, 0.15) is 0 Å². The quantitative estimate of drug-likeness (QED) is 0.457. The zero-order valence-corrected chi connectivity index (χ0v) is 7.74. The van der Waals surface area contributed by atoms with Crippen molar-refractivity contribution in [2.45, 2.75) is 0 Å². The fraction of sp³-hybridized carbons (Fsp3) is 0.250. The van der Waals surface area contributed by atoms with Crippen molar-refractivity contribution in [2.24, 2.45) is 0 Å². The maximum absolute atomic E-state index is 10.3. The van der Waals surface area contributed by atoms with Crippen LogP contribution in [0.2, 0.25) is 0 Å². The lowest BCUT2D eigenvalue weighted by Gasteiger charge is -2.02. The third kappa shape index (κ3) is 2.95. The van der Waals surface area contributed by atoms with Gasteiger partial charge in [0.05, 0.1) is 11.5 Å². The van der Waals surface area contributed by atoms with Gasteiger partial charge in [0.15, 0.2) is 0 Å². The largest absolute Gasteiger partial charge is 0.493 e. The number of thiol groups is 1. The molecule has 0 amide bonds. The van der Waals surface area contributed by atoms with E-state index < -0.39 is 4.92 Å². The van der Waals surface area contributed by atoms with Crippen molar-refractivity contribution >= 4 is 18.3 Å². The van der Waals surface area contributed by atoms with E-state index >= 15 is 0 Å². The number of rotatable bonds is 4. The summed E-state index contributed by atoms with van der Waals surface area (Å²) in [4.78, 5) is 9.84. The van der Waals surface area contributed by atoms with Gasteiger partial charge in [-0.25, -0.2) is 0 Å². The van der Waals surface area contributed by atoms with E-state index in [-0.39, 0.29) is 5.69 Å². The van der Waals surface area contributed by atoms with Gasteiger partial charge in [-0.15, -0.1) is 0 Å². The lowest BCUT2D eigenvalue weighted by atomic mass is 10.3. The predicted octanol–water partition coefficient (Wildman–Crippen LogP) is 1.90. The summed E-state index contributed by atoms with van der Waals surface area (Å²) >= 11 is 3.97. The zero-order chi connectivity index (χ0) is 9.68. The van der Waals surface area contributed by atoms with Gasteiger partial charge in [-0.3, -0.25) is 10.1 Å². The number of non-ortho nitro benzene ring substituents is 1. The van der Waals surface area contributed by atoms with Gasteiger partial charge in [0.25, 0.3) is 5.69 Å². The summed E-state index contributed by atoms with van der Waals surface area (Å²) in [6.07, 6.45) is 0. The molecule has 0 fully saturated rings.